The van der Waals surface area contributed by atoms with Crippen molar-refractivity contribution in [3.63, 3.8) is 0 Å². The quantitative estimate of drug-likeness (QED) is 0.442. The predicted molar refractivity (Wildman–Crippen MR) is 125 cm³/mol. The fraction of sp³-hybridized carbons (Fsp3) is 0.522. The number of carbonyl (C=O) groups excluding carboxylic acids is 1. The van der Waals surface area contributed by atoms with Crippen molar-refractivity contribution in [1.29, 1.82) is 0 Å². The van der Waals surface area contributed by atoms with Crippen molar-refractivity contribution in [2.24, 2.45) is 11.8 Å². The number of H-pyrrole nitrogens is 2. The molecule has 2 N–H and O–H groups in total. The average Bonchev–Trinajstić information content (AvgIpc) is 3.10. The van der Waals surface area contributed by atoms with Crippen molar-refractivity contribution in [2.75, 3.05) is 20.2 Å². The van der Waals surface area contributed by atoms with Gasteiger partial charge in [0.2, 0.25) is 5.91 Å². The Labute approximate surface area is 186 Å². The van der Waals surface area contributed by atoms with Gasteiger partial charge in [-0.05, 0) is 61.5 Å². The summed E-state index contributed by atoms with van der Waals surface area (Å²) in [6.45, 7) is 6.62. The summed E-state index contributed by atoms with van der Waals surface area (Å²) in [4.78, 5) is 34.0. The van der Waals surface area contributed by atoms with Gasteiger partial charge in [0.15, 0.2) is 4.77 Å². The van der Waals surface area contributed by atoms with Crippen LogP contribution in [0.2, 0.25) is 0 Å². The van der Waals surface area contributed by atoms with Gasteiger partial charge < -0.3 is 19.6 Å². The van der Waals surface area contributed by atoms with Crippen molar-refractivity contribution in [1.82, 2.24) is 19.4 Å². The van der Waals surface area contributed by atoms with E-state index in [4.69, 9.17) is 17.0 Å². The predicted octanol–water partition coefficient (Wildman–Crippen LogP) is 4.22. The van der Waals surface area contributed by atoms with Gasteiger partial charge in [0.05, 0.1) is 12.6 Å². The highest BCUT2D eigenvalue weighted by molar-refractivity contribution is 7.71. The van der Waals surface area contributed by atoms with Gasteiger partial charge >= 0.3 is 0 Å². The van der Waals surface area contributed by atoms with Gasteiger partial charge in [0.25, 0.3) is 5.56 Å². The molecule has 1 amide bonds. The maximum absolute atomic E-state index is 13.1. The molecule has 1 aliphatic heterocycles. The first-order valence-corrected chi connectivity index (χ1v) is 11.4. The molecule has 1 aliphatic rings. The van der Waals surface area contributed by atoms with Gasteiger partial charge in [0.1, 0.15) is 11.3 Å². The van der Waals surface area contributed by atoms with E-state index in [1.807, 2.05) is 23.1 Å². The normalized spacial score (nSPS) is 19.3. The summed E-state index contributed by atoms with van der Waals surface area (Å²) in [7, 11) is 1.61. The van der Waals surface area contributed by atoms with E-state index in [0.29, 0.717) is 40.6 Å². The van der Waals surface area contributed by atoms with E-state index >= 15 is 0 Å². The van der Waals surface area contributed by atoms with Gasteiger partial charge in [0, 0.05) is 37.0 Å². The smallest absolute Gasteiger partial charge is 0.278 e. The summed E-state index contributed by atoms with van der Waals surface area (Å²) >= 11 is 5.47. The molecule has 8 heteroatoms. The molecule has 0 aliphatic carbocycles. The molecule has 0 saturated carbocycles. The van der Waals surface area contributed by atoms with Gasteiger partial charge in [-0.15, -0.1) is 0 Å². The van der Waals surface area contributed by atoms with E-state index in [1.54, 1.807) is 11.7 Å². The van der Waals surface area contributed by atoms with Crippen LogP contribution in [-0.2, 0) is 11.3 Å². The Morgan fingerprint density at radius 1 is 1.16 bits per heavy atom. The maximum Gasteiger partial charge on any atom is 0.278 e. The zero-order valence-electron chi connectivity index (χ0n) is 18.4. The highest BCUT2D eigenvalue weighted by atomic mass is 32.1. The number of piperidine rings is 1. The number of ether oxygens (including phenoxy) is 1. The summed E-state index contributed by atoms with van der Waals surface area (Å²) in [5.74, 6) is 2.06. The highest BCUT2D eigenvalue weighted by Crippen LogP contribution is 2.26. The molecule has 0 spiro atoms. The minimum Gasteiger partial charge on any atom is -0.497 e. The number of methoxy groups -OCH3 is 1. The van der Waals surface area contributed by atoms with Gasteiger partial charge in [-0.25, -0.2) is 0 Å². The summed E-state index contributed by atoms with van der Waals surface area (Å²) in [5, 5.41) is 0.875. The Hall–Kier alpha value is -2.61. The Morgan fingerprint density at radius 3 is 2.61 bits per heavy atom. The molecule has 31 heavy (non-hydrogen) atoms. The molecule has 1 saturated heterocycles. The van der Waals surface area contributed by atoms with Crippen LogP contribution >= 0.6 is 12.2 Å². The molecule has 3 heterocycles. The third kappa shape index (κ3) is 4.39. The number of hydrogen-bond acceptors (Lipinski definition) is 4. The van der Waals surface area contributed by atoms with E-state index < -0.39 is 0 Å². The fourth-order valence-electron chi connectivity index (χ4n) is 4.76. The van der Waals surface area contributed by atoms with E-state index in [1.165, 1.54) is 6.42 Å². The molecule has 0 bridgehead atoms. The molecule has 2 atom stereocenters. The second-order valence-corrected chi connectivity index (χ2v) is 9.26. The van der Waals surface area contributed by atoms with Crippen LogP contribution in [0.15, 0.2) is 23.0 Å². The summed E-state index contributed by atoms with van der Waals surface area (Å²) < 4.78 is 7.27. The number of aromatic nitrogens is 3. The molecule has 1 aromatic carbocycles. The number of nitrogens with zero attached hydrogens (tertiary/aromatic N) is 2. The Balaban J connectivity index is 1.45. The largest absolute Gasteiger partial charge is 0.497 e. The van der Waals surface area contributed by atoms with Gasteiger partial charge in [-0.1, -0.05) is 13.8 Å². The summed E-state index contributed by atoms with van der Waals surface area (Å²) in [6, 6.07) is 5.63. The molecule has 166 valence electrons. The Bertz CT molecular complexity index is 1220. The van der Waals surface area contributed by atoms with E-state index in [2.05, 4.69) is 23.8 Å². The maximum atomic E-state index is 13.1. The fourth-order valence-corrected chi connectivity index (χ4v) is 5.04. The van der Waals surface area contributed by atoms with Crippen LogP contribution in [0.3, 0.4) is 0 Å². The molecule has 0 radical (unpaired) electrons. The SMILES string of the molecule is COc1ccc2[nH]c3c(=O)n(CCCCC(=O)N4C[C@H](C)C[C@H](C)C4)c(=S)[nH]c3c2c1. The first kappa shape index (κ1) is 21.6. The standard InChI is InChI=1S/C23H30N4O3S/c1-14-10-15(2)13-26(12-14)19(28)6-4-5-9-27-22(29)21-20(25-23(27)31)17-11-16(30-3)7-8-18(17)24-21/h7-8,11,14-15,24H,4-6,9-10,12-13H2,1-3H3,(H,25,31)/t14-,15+. The lowest BCUT2D eigenvalue weighted by molar-refractivity contribution is -0.134. The number of rotatable bonds is 6. The number of hydrogen-bond donors (Lipinski definition) is 2. The van der Waals surface area contributed by atoms with Crippen molar-refractivity contribution in [3.8, 4) is 5.75 Å². The van der Waals surface area contributed by atoms with E-state index in [0.717, 1.165) is 42.6 Å². The number of amides is 1. The summed E-state index contributed by atoms with van der Waals surface area (Å²) in [5.41, 5.74) is 1.92. The van der Waals surface area contributed by atoms with Crippen molar-refractivity contribution in [3.05, 3.63) is 33.3 Å². The van der Waals surface area contributed by atoms with E-state index in [9.17, 15) is 9.59 Å². The van der Waals surface area contributed by atoms with Crippen LogP contribution in [-0.4, -0.2) is 45.5 Å². The molecule has 3 aromatic rings. The number of benzene rings is 1. The molecule has 1 fully saturated rings. The zero-order valence-corrected chi connectivity index (χ0v) is 19.2. The molecular formula is C23H30N4O3S. The van der Waals surface area contributed by atoms with Crippen LogP contribution in [0, 0.1) is 16.6 Å². The third-order valence-electron chi connectivity index (χ3n) is 6.19. The molecule has 0 unspecified atom stereocenters. The second-order valence-electron chi connectivity index (χ2n) is 8.88. The Kier molecular flexibility index (Phi) is 6.18. The number of aromatic amines is 2. The van der Waals surface area contributed by atoms with E-state index in [-0.39, 0.29) is 11.5 Å². The zero-order chi connectivity index (χ0) is 22.1. The number of likely N-dealkylation sites (tertiary alicyclic amines) is 1. The number of nitrogens with one attached hydrogen (secondary N) is 2. The lowest BCUT2D eigenvalue weighted by atomic mass is 9.91. The van der Waals surface area contributed by atoms with Crippen LogP contribution < -0.4 is 10.3 Å². The van der Waals surface area contributed by atoms with Gasteiger partial charge in [-0.3, -0.25) is 14.2 Å². The molecule has 4 rings (SSSR count). The Morgan fingerprint density at radius 2 is 1.90 bits per heavy atom. The minimum absolute atomic E-state index is 0.140. The van der Waals surface area contributed by atoms with Crippen molar-refractivity contribution in [2.45, 2.75) is 46.1 Å². The first-order valence-electron chi connectivity index (χ1n) is 11.0. The monoisotopic (exact) mass is 442 g/mol. The first-order chi connectivity index (χ1) is 14.9. The molecular weight excluding hydrogens is 412 g/mol. The molecule has 7 nitrogen and oxygen atoms in total. The third-order valence-corrected chi connectivity index (χ3v) is 6.51. The molecule has 2 aromatic heterocycles. The number of carbonyl (C=O) groups is 1. The van der Waals surface area contributed by atoms with Crippen molar-refractivity contribution < 1.29 is 9.53 Å². The lowest BCUT2D eigenvalue weighted by Crippen LogP contribution is -2.42. The topological polar surface area (TPSA) is 83.1 Å². The highest BCUT2D eigenvalue weighted by Gasteiger charge is 2.24. The number of unbranched alkanes of at least 4 members (excludes halogenated alkanes) is 1. The average molecular weight is 443 g/mol. The summed E-state index contributed by atoms with van der Waals surface area (Å²) in [6.07, 6.45) is 3.16. The van der Waals surface area contributed by atoms with Gasteiger partial charge in [-0.2, -0.15) is 0 Å². The second kappa shape index (κ2) is 8.86. The van der Waals surface area contributed by atoms with Crippen molar-refractivity contribution >= 4 is 40.1 Å². The van der Waals surface area contributed by atoms with Crippen LogP contribution in [0.4, 0.5) is 0 Å². The van der Waals surface area contributed by atoms with Crippen LogP contribution in [0.1, 0.15) is 39.5 Å². The minimum atomic E-state index is -0.140. The van der Waals surface area contributed by atoms with Crippen LogP contribution in [0.5, 0.6) is 5.75 Å². The lowest BCUT2D eigenvalue weighted by Gasteiger charge is -2.35. The van der Waals surface area contributed by atoms with Crippen LogP contribution in [0.25, 0.3) is 21.9 Å². The number of fused-ring (bicyclic) bond motifs is 3.